The normalized spacial score (nSPS) is 25.0. The number of aliphatic hydroxyl groups excluding tert-OH is 3. The van der Waals surface area contributed by atoms with Gasteiger partial charge in [0.2, 0.25) is 0 Å². The lowest BCUT2D eigenvalue weighted by Crippen LogP contribution is -2.42. The average molecular weight is 359 g/mol. The number of allylic oxidation sites excluding steroid dienone is 2. The molecule has 1 heterocycles. The minimum atomic E-state index is -0.982. The van der Waals surface area contributed by atoms with E-state index < -0.39 is 24.4 Å². The minimum absolute atomic E-state index is 0.0939. The molecule has 0 aromatic carbocycles. The van der Waals surface area contributed by atoms with Crippen LogP contribution in [0.15, 0.2) is 12.2 Å². The highest BCUT2D eigenvalue weighted by atomic mass is 16.6. The summed E-state index contributed by atoms with van der Waals surface area (Å²) in [5, 5.41) is 28.6. The summed E-state index contributed by atoms with van der Waals surface area (Å²) < 4.78 is 10.9. The summed E-state index contributed by atoms with van der Waals surface area (Å²) in [6.07, 6.45) is 13.6. The minimum Gasteiger partial charge on any atom is -0.394 e. The molecule has 3 N–H and O–H groups in total. The molecule has 1 rings (SSSR count). The van der Waals surface area contributed by atoms with Crippen molar-refractivity contribution in [2.24, 2.45) is 0 Å². The second-order valence-corrected chi connectivity index (χ2v) is 6.97. The topological polar surface area (TPSA) is 79.2 Å². The third kappa shape index (κ3) is 9.71. The van der Waals surface area contributed by atoms with Crippen molar-refractivity contribution in [2.45, 2.75) is 95.5 Å². The molecule has 148 valence electrons. The van der Waals surface area contributed by atoms with Crippen molar-refractivity contribution >= 4 is 0 Å². The fourth-order valence-electron chi connectivity index (χ4n) is 3.08. The van der Waals surface area contributed by atoms with Crippen molar-refractivity contribution in [3.05, 3.63) is 12.2 Å². The van der Waals surface area contributed by atoms with Crippen molar-refractivity contribution in [3.63, 3.8) is 0 Å². The summed E-state index contributed by atoms with van der Waals surface area (Å²) in [4.78, 5) is 0. The number of rotatable bonds is 15. The molecule has 25 heavy (non-hydrogen) atoms. The number of hydrogen-bond donors (Lipinski definition) is 3. The molecule has 0 saturated carbocycles. The van der Waals surface area contributed by atoms with Gasteiger partial charge in [-0.15, -0.1) is 0 Å². The van der Waals surface area contributed by atoms with Gasteiger partial charge in [0.15, 0.2) is 0 Å². The second kappa shape index (κ2) is 14.7. The maximum Gasteiger partial charge on any atom is 0.114 e. The van der Waals surface area contributed by atoms with Crippen LogP contribution in [0.1, 0.15) is 71.1 Å². The summed E-state index contributed by atoms with van der Waals surface area (Å²) in [7, 11) is 0. The smallest absolute Gasteiger partial charge is 0.114 e. The second-order valence-electron chi connectivity index (χ2n) is 6.97. The van der Waals surface area contributed by atoms with Gasteiger partial charge < -0.3 is 24.8 Å². The first-order chi connectivity index (χ1) is 12.2. The average Bonchev–Trinajstić information content (AvgIpc) is 2.95. The Kier molecular flexibility index (Phi) is 13.3. The lowest BCUT2D eigenvalue weighted by atomic mass is 10.1. The van der Waals surface area contributed by atoms with E-state index in [1.165, 1.54) is 38.5 Å². The Morgan fingerprint density at radius 3 is 2.20 bits per heavy atom. The quantitative estimate of drug-likeness (QED) is 0.310. The van der Waals surface area contributed by atoms with Gasteiger partial charge in [-0.3, -0.25) is 0 Å². The molecule has 1 aliphatic heterocycles. The number of aliphatic hydroxyl groups is 3. The van der Waals surface area contributed by atoms with Gasteiger partial charge >= 0.3 is 0 Å². The maximum atomic E-state index is 9.79. The molecule has 0 spiro atoms. The fourth-order valence-corrected chi connectivity index (χ4v) is 3.08. The van der Waals surface area contributed by atoms with E-state index >= 15 is 0 Å². The highest BCUT2D eigenvalue weighted by molar-refractivity contribution is 4.88. The lowest BCUT2D eigenvalue weighted by Gasteiger charge is -2.24. The van der Waals surface area contributed by atoms with Crippen LogP contribution in [0.4, 0.5) is 0 Å². The summed E-state index contributed by atoms with van der Waals surface area (Å²) in [5.41, 5.74) is 0. The highest BCUT2D eigenvalue weighted by Gasteiger charge is 2.40. The van der Waals surface area contributed by atoms with Crippen molar-refractivity contribution in [1.29, 1.82) is 0 Å². The van der Waals surface area contributed by atoms with Crippen molar-refractivity contribution in [3.8, 4) is 0 Å². The number of ether oxygens (including phenoxy) is 2. The third-order valence-corrected chi connectivity index (χ3v) is 4.72. The Morgan fingerprint density at radius 2 is 1.64 bits per heavy atom. The predicted molar refractivity (Wildman–Crippen MR) is 99.6 cm³/mol. The molecule has 5 heteroatoms. The zero-order valence-electron chi connectivity index (χ0n) is 15.8. The molecule has 0 aromatic heterocycles. The molecular weight excluding hydrogens is 320 g/mol. The molecule has 0 unspecified atom stereocenters. The predicted octanol–water partition coefficient (Wildman–Crippen LogP) is 2.96. The van der Waals surface area contributed by atoms with E-state index in [-0.39, 0.29) is 13.2 Å². The molecule has 0 amide bonds. The van der Waals surface area contributed by atoms with Gasteiger partial charge in [0.25, 0.3) is 0 Å². The van der Waals surface area contributed by atoms with Crippen LogP contribution in [0.3, 0.4) is 0 Å². The Labute approximate surface area is 153 Å². The van der Waals surface area contributed by atoms with Gasteiger partial charge in [-0.05, 0) is 32.1 Å². The van der Waals surface area contributed by atoms with Crippen LogP contribution in [0.2, 0.25) is 0 Å². The molecular formula is C20H38O5. The molecule has 1 saturated heterocycles. The van der Waals surface area contributed by atoms with E-state index in [0.717, 1.165) is 25.7 Å². The van der Waals surface area contributed by atoms with Gasteiger partial charge in [-0.1, -0.05) is 51.2 Å². The highest BCUT2D eigenvalue weighted by Crippen LogP contribution is 2.19. The summed E-state index contributed by atoms with van der Waals surface area (Å²) in [6, 6.07) is 0. The van der Waals surface area contributed by atoms with Crippen LogP contribution in [-0.2, 0) is 9.47 Å². The van der Waals surface area contributed by atoms with Crippen molar-refractivity contribution in [1.82, 2.24) is 0 Å². The van der Waals surface area contributed by atoms with Crippen LogP contribution in [-0.4, -0.2) is 59.6 Å². The van der Waals surface area contributed by atoms with Gasteiger partial charge in [-0.25, -0.2) is 0 Å². The Bertz CT molecular complexity index is 334. The van der Waals surface area contributed by atoms with Crippen LogP contribution in [0.5, 0.6) is 0 Å². The van der Waals surface area contributed by atoms with Crippen molar-refractivity contribution < 1.29 is 24.8 Å². The maximum absolute atomic E-state index is 9.79. The summed E-state index contributed by atoms with van der Waals surface area (Å²) in [6.45, 7) is 2.66. The third-order valence-electron chi connectivity index (χ3n) is 4.72. The molecule has 0 bridgehead atoms. The zero-order valence-corrected chi connectivity index (χ0v) is 15.8. The summed E-state index contributed by atoms with van der Waals surface area (Å²) >= 11 is 0. The molecule has 0 aliphatic carbocycles. The van der Waals surface area contributed by atoms with Gasteiger partial charge in [0.05, 0.1) is 13.2 Å². The Morgan fingerprint density at radius 1 is 1.00 bits per heavy atom. The van der Waals surface area contributed by atoms with Gasteiger partial charge in [0, 0.05) is 6.61 Å². The molecule has 4 atom stereocenters. The van der Waals surface area contributed by atoms with E-state index in [2.05, 4.69) is 19.1 Å². The van der Waals surface area contributed by atoms with Crippen LogP contribution < -0.4 is 0 Å². The first kappa shape index (κ1) is 22.6. The first-order valence-corrected chi connectivity index (χ1v) is 10.1. The van der Waals surface area contributed by atoms with E-state index in [9.17, 15) is 15.3 Å². The molecule has 1 fully saturated rings. The van der Waals surface area contributed by atoms with Gasteiger partial charge in [0.1, 0.15) is 24.4 Å². The van der Waals surface area contributed by atoms with E-state index in [0.29, 0.717) is 6.61 Å². The summed E-state index contributed by atoms with van der Waals surface area (Å²) in [5.74, 6) is 0. The van der Waals surface area contributed by atoms with E-state index in [4.69, 9.17) is 9.47 Å². The monoisotopic (exact) mass is 358 g/mol. The number of unbranched alkanes of at least 4 members (excludes halogenated alkanes) is 8. The molecule has 1 aliphatic rings. The van der Waals surface area contributed by atoms with E-state index in [1.54, 1.807) is 0 Å². The van der Waals surface area contributed by atoms with Crippen LogP contribution in [0, 0.1) is 0 Å². The van der Waals surface area contributed by atoms with Crippen LogP contribution in [0.25, 0.3) is 0 Å². The van der Waals surface area contributed by atoms with E-state index in [1.807, 2.05) is 0 Å². The first-order valence-electron chi connectivity index (χ1n) is 10.1. The SMILES string of the molecule is CCCCCCC/C=C/CCCCCO[C@H](CO)[C@@H]1OC[C@H](O)[C@@H]1O. The molecule has 0 radical (unpaired) electrons. The Balaban J connectivity index is 1.95. The van der Waals surface area contributed by atoms with Crippen molar-refractivity contribution in [2.75, 3.05) is 19.8 Å². The molecule has 0 aromatic rings. The largest absolute Gasteiger partial charge is 0.394 e. The van der Waals surface area contributed by atoms with Crippen LogP contribution >= 0.6 is 0 Å². The Hall–Kier alpha value is -0.460. The lowest BCUT2D eigenvalue weighted by molar-refractivity contribution is -0.101. The van der Waals surface area contributed by atoms with Gasteiger partial charge in [-0.2, -0.15) is 0 Å². The fraction of sp³-hybridized carbons (Fsp3) is 0.900. The number of hydrogen-bond acceptors (Lipinski definition) is 5. The zero-order chi connectivity index (χ0) is 18.3. The standard InChI is InChI=1S/C20H38O5/c1-2-3-4-5-6-7-8-9-10-11-12-13-14-24-18(15-21)20-19(23)17(22)16-25-20/h8-9,17-23H,2-7,10-16H2,1H3/b9-8+/t17-,18+,19-,20-/m0/s1. The molecule has 5 nitrogen and oxygen atoms in total.